The van der Waals surface area contributed by atoms with Crippen LogP contribution in [0.5, 0.6) is 0 Å². The second-order valence-corrected chi connectivity index (χ2v) is 4.16. The third-order valence-corrected chi connectivity index (χ3v) is 2.65. The van der Waals surface area contributed by atoms with Gasteiger partial charge in [-0.25, -0.2) is 0 Å². The minimum Gasteiger partial charge on any atom is -0.480 e. The molecule has 0 aliphatic rings. The molecule has 102 valence electrons. The minimum absolute atomic E-state index is 0.180. The van der Waals surface area contributed by atoms with Crippen molar-refractivity contribution in [2.45, 2.75) is 13.8 Å². The van der Waals surface area contributed by atoms with Crippen molar-refractivity contribution in [1.29, 1.82) is 5.26 Å². The summed E-state index contributed by atoms with van der Waals surface area (Å²) in [6.45, 7) is 4.16. The van der Waals surface area contributed by atoms with Gasteiger partial charge in [-0.15, -0.1) is 0 Å². The van der Waals surface area contributed by atoms with Gasteiger partial charge in [0.15, 0.2) is 0 Å². The van der Waals surface area contributed by atoms with Gasteiger partial charge >= 0.3 is 5.97 Å². The van der Waals surface area contributed by atoms with Gasteiger partial charge < -0.3 is 14.7 Å². The number of aliphatic carboxylic acids is 1. The van der Waals surface area contributed by atoms with Crippen LogP contribution in [0.2, 0.25) is 0 Å². The highest BCUT2D eigenvalue weighted by Crippen LogP contribution is 2.23. The normalized spacial score (nSPS) is 10.0. The summed E-state index contributed by atoms with van der Waals surface area (Å²) in [4.78, 5) is 16.8. The van der Waals surface area contributed by atoms with Crippen molar-refractivity contribution in [3.63, 3.8) is 0 Å². The van der Waals surface area contributed by atoms with Gasteiger partial charge in [0, 0.05) is 19.3 Å². The monoisotopic (exact) mass is 263 g/mol. The summed E-state index contributed by atoms with van der Waals surface area (Å²) >= 11 is 0. The Morgan fingerprint density at radius 3 is 2.79 bits per heavy atom. The lowest BCUT2D eigenvalue weighted by atomic mass is 10.1. The second-order valence-electron chi connectivity index (χ2n) is 4.16. The first kappa shape index (κ1) is 14.9. The first-order chi connectivity index (χ1) is 8.99. The molecule has 1 heterocycles. The number of pyridine rings is 1. The number of hydrogen-bond acceptors (Lipinski definition) is 5. The van der Waals surface area contributed by atoms with Gasteiger partial charge in [0.2, 0.25) is 0 Å². The molecule has 0 spiro atoms. The molecule has 19 heavy (non-hydrogen) atoms. The molecule has 0 amide bonds. The van der Waals surface area contributed by atoms with Crippen LogP contribution in [0.4, 0.5) is 5.69 Å². The largest absolute Gasteiger partial charge is 0.480 e. The molecule has 1 N–H and O–H groups in total. The molecule has 0 aromatic carbocycles. The molecule has 6 heteroatoms. The highest BCUT2D eigenvalue weighted by molar-refractivity contribution is 5.75. The first-order valence-electron chi connectivity index (χ1n) is 5.83. The van der Waals surface area contributed by atoms with Crippen LogP contribution in [0.15, 0.2) is 6.07 Å². The highest BCUT2D eigenvalue weighted by atomic mass is 16.5. The number of rotatable bonds is 6. The third kappa shape index (κ3) is 3.93. The van der Waals surface area contributed by atoms with Crippen molar-refractivity contribution in [1.82, 2.24) is 4.98 Å². The Morgan fingerprint density at radius 2 is 2.26 bits per heavy atom. The zero-order valence-corrected chi connectivity index (χ0v) is 11.3. The number of ether oxygens (including phenoxy) is 1. The van der Waals surface area contributed by atoms with Crippen LogP contribution >= 0.6 is 0 Å². The maximum absolute atomic E-state index is 10.9. The molecule has 0 radical (unpaired) electrons. The number of aromatic nitrogens is 1. The van der Waals surface area contributed by atoms with Crippen LogP contribution in [0, 0.1) is 25.2 Å². The van der Waals surface area contributed by atoms with Crippen molar-refractivity contribution >= 4 is 11.7 Å². The van der Waals surface area contributed by atoms with Crippen LogP contribution in [-0.2, 0) is 9.53 Å². The van der Waals surface area contributed by atoms with Gasteiger partial charge in [-0.05, 0) is 19.9 Å². The van der Waals surface area contributed by atoms with Crippen LogP contribution in [0.1, 0.15) is 17.0 Å². The fourth-order valence-electron chi connectivity index (χ4n) is 1.85. The molecule has 0 aliphatic heterocycles. The number of nitriles is 1. The van der Waals surface area contributed by atoms with Crippen LogP contribution in [0.3, 0.4) is 0 Å². The quantitative estimate of drug-likeness (QED) is 0.827. The van der Waals surface area contributed by atoms with E-state index in [0.717, 1.165) is 5.69 Å². The van der Waals surface area contributed by atoms with E-state index in [1.165, 1.54) is 0 Å². The summed E-state index contributed by atoms with van der Waals surface area (Å²) in [5, 5.41) is 18.2. The van der Waals surface area contributed by atoms with E-state index in [9.17, 15) is 10.1 Å². The van der Waals surface area contributed by atoms with Gasteiger partial charge in [-0.1, -0.05) is 0 Å². The molecule has 0 bridgehead atoms. The summed E-state index contributed by atoms with van der Waals surface area (Å²) in [7, 11) is 1.55. The molecule has 1 aromatic rings. The average Bonchev–Trinajstić information content (AvgIpc) is 2.33. The summed E-state index contributed by atoms with van der Waals surface area (Å²) in [6, 6.07) is 3.81. The topological polar surface area (TPSA) is 86.4 Å². The molecular weight excluding hydrogens is 246 g/mol. The van der Waals surface area contributed by atoms with E-state index >= 15 is 0 Å². The maximum atomic E-state index is 10.9. The van der Waals surface area contributed by atoms with Crippen molar-refractivity contribution in [2.75, 3.05) is 31.7 Å². The molecule has 0 saturated heterocycles. The zero-order valence-electron chi connectivity index (χ0n) is 11.3. The zero-order chi connectivity index (χ0) is 14.4. The molecule has 6 nitrogen and oxygen atoms in total. The maximum Gasteiger partial charge on any atom is 0.323 e. The van der Waals surface area contributed by atoms with Gasteiger partial charge in [0.1, 0.15) is 12.6 Å². The van der Waals surface area contributed by atoms with E-state index in [1.807, 2.05) is 6.92 Å². The van der Waals surface area contributed by atoms with E-state index < -0.39 is 5.97 Å². The lowest BCUT2D eigenvalue weighted by Gasteiger charge is -2.24. The van der Waals surface area contributed by atoms with E-state index in [0.29, 0.717) is 30.1 Å². The predicted octanol–water partition coefficient (Wildman–Crippen LogP) is 1.11. The summed E-state index contributed by atoms with van der Waals surface area (Å²) in [5.41, 5.74) is 2.35. The van der Waals surface area contributed by atoms with Gasteiger partial charge in [0.25, 0.3) is 0 Å². The Kier molecular flexibility index (Phi) is 5.27. The lowest BCUT2D eigenvalue weighted by molar-refractivity contribution is -0.135. The highest BCUT2D eigenvalue weighted by Gasteiger charge is 2.17. The summed E-state index contributed by atoms with van der Waals surface area (Å²) < 4.78 is 4.98. The predicted molar refractivity (Wildman–Crippen MR) is 70.2 cm³/mol. The number of carboxylic acid groups (broad SMARTS) is 1. The second kappa shape index (κ2) is 6.71. The van der Waals surface area contributed by atoms with Crippen molar-refractivity contribution in [3.05, 3.63) is 23.0 Å². The van der Waals surface area contributed by atoms with Crippen LogP contribution < -0.4 is 4.90 Å². The number of nitrogens with zero attached hydrogens (tertiary/aromatic N) is 3. The van der Waals surface area contributed by atoms with Crippen LogP contribution in [-0.4, -0.2) is 42.9 Å². The summed E-state index contributed by atoms with van der Waals surface area (Å²) in [5.74, 6) is -0.952. The van der Waals surface area contributed by atoms with E-state index in [1.54, 1.807) is 25.0 Å². The minimum atomic E-state index is -0.952. The van der Waals surface area contributed by atoms with Crippen LogP contribution in [0.25, 0.3) is 0 Å². The number of methoxy groups -OCH3 is 1. The molecule has 1 rings (SSSR count). The van der Waals surface area contributed by atoms with Gasteiger partial charge in [-0.3, -0.25) is 9.78 Å². The summed E-state index contributed by atoms with van der Waals surface area (Å²) in [6.07, 6.45) is 0. The molecular formula is C13H17N3O3. The Labute approximate surface area is 112 Å². The van der Waals surface area contributed by atoms with E-state index in [4.69, 9.17) is 9.84 Å². The Balaban J connectivity index is 3.20. The number of carbonyl (C=O) groups is 1. The Bertz CT molecular complexity index is 509. The SMILES string of the molecule is COCCN(CC(=O)O)c1cc(C)nc(C)c1C#N. The molecule has 0 unspecified atom stereocenters. The number of anilines is 1. The lowest BCUT2D eigenvalue weighted by Crippen LogP contribution is -2.33. The molecule has 0 fully saturated rings. The molecule has 1 aromatic heterocycles. The molecule has 0 atom stereocenters. The Morgan fingerprint density at radius 1 is 1.58 bits per heavy atom. The first-order valence-corrected chi connectivity index (χ1v) is 5.83. The van der Waals surface area contributed by atoms with Gasteiger partial charge in [-0.2, -0.15) is 5.26 Å². The third-order valence-electron chi connectivity index (χ3n) is 2.65. The fourth-order valence-corrected chi connectivity index (χ4v) is 1.85. The fraction of sp³-hybridized carbons (Fsp3) is 0.462. The molecule has 0 saturated carbocycles. The van der Waals surface area contributed by atoms with E-state index in [-0.39, 0.29) is 6.54 Å². The average molecular weight is 263 g/mol. The molecule has 0 aliphatic carbocycles. The van der Waals surface area contributed by atoms with Crippen molar-refractivity contribution < 1.29 is 14.6 Å². The van der Waals surface area contributed by atoms with Crippen molar-refractivity contribution in [3.8, 4) is 6.07 Å². The standard InChI is InChI=1S/C13H17N3O3/c1-9-6-12(11(7-14)10(2)15-9)16(4-5-19-3)8-13(17)18/h6H,4-5,8H2,1-3H3,(H,17,18). The smallest absolute Gasteiger partial charge is 0.323 e. The number of aryl methyl sites for hydroxylation is 2. The Hall–Kier alpha value is -2.13. The van der Waals surface area contributed by atoms with Gasteiger partial charge in [0.05, 0.1) is 23.6 Å². The van der Waals surface area contributed by atoms with E-state index in [2.05, 4.69) is 11.1 Å². The number of carboxylic acids is 1. The number of hydrogen-bond donors (Lipinski definition) is 1. The van der Waals surface area contributed by atoms with Crippen molar-refractivity contribution in [2.24, 2.45) is 0 Å².